The van der Waals surface area contributed by atoms with Gasteiger partial charge in [-0.1, -0.05) is 17.8 Å². The monoisotopic (exact) mass is 130 g/mol. The smallest absolute Gasteiger partial charge is 0.151 e. The molecule has 0 unspecified atom stereocenters. The molecule has 0 atom stereocenters. The van der Waals surface area contributed by atoms with E-state index in [0.717, 1.165) is 12.2 Å². The van der Waals surface area contributed by atoms with Crippen molar-refractivity contribution in [3.8, 4) is 0 Å². The molecule has 0 fully saturated rings. The Labute approximate surface area is 53.7 Å². The van der Waals surface area contributed by atoms with E-state index in [2.05, 4.69) is 6.58 Å². The van der Waals surface area contributed by atoms with Gasteiger partial charge in [-0.25, -0.2) is 0 Å². The molecule has 0 spiro atoms. The number of allylic oxidation sites excluding steroid dienone is 1. The van der Waals surface area contributed by atoms with E-state index in [4.69, 9.17) is 11.1 Å². The zero-order valence-corrected chi connectivity index (χ0v) is 5.50. The van der Waals surface area contributed by atoms with Crippen LogP contribution >= 0.6 is 11.8 Å². The van der Waals surface area contributed by atoms with Crippen molar-refractivity contribution in [1.82, 2.24) is 0 Å². The molecule has 46 valence electrons. The van der Waals surface area contributed by atoms with Crippen LogP contribution in [0.3, 0.4) is 0 Å². The van der Waals surface area contributed by atoms with Crippen molar-refractivity contribution in [1.29, 1.82) is 5.41 Å². The maximum atomic E-state index is 6.78. The molecule has 0 aliphatic carbocycles. The first kappa shape index (κ1) is 7.56. The third kappa shape index (κ3) is 5.56. The summed E-state index contributed by atoms with van der Waals surface area (Å²) in [6.07, 6.45) is 2.74. The van der Waals surface area contributed by atoms with Gasteiger partial charge in [-0.05, 0) is 6.42 Å². The SMILES string of the molecule is C=CCCSC(=N)N. The second-order valence-corrected chi connectivity index (χ2v) is 2.43. The van der Waals surface area contributed by atoms with Gasteiger partial charge in [0.05, 0.1) is 0 Å². The number of nitrogens with two attached hydrogens (primary N) is 1. The summed E-state index contributed by atoms with van der Waals surface area (Å²) in [4.78, 5) is 0. The normalized spacial score (nSPS) is 8.50. The van der Waals surface area contributed by atoms with Crippen LogP contribution in [0, 0.1) is 5.41 Å². The second-order valence-electron chi connectivity index (χ2n) is 1.29. The highest BCUT2D eigenvalue weighted by molar-refractivity contribution is 8.13. The zero-order chi connectivity index (χ0) is 6.41. The predicted octanol–water partition coefficient (Wildman–Crippen LogP) is 1.19. The number of rotatable bonds is 3. The summed E-state index contributed by atoms with van der Waals surface area (Å²) in [6.45, 7) is 3.53. The Morgan fingerprint density at radius 3 is 2.88 bits per heavy atom. The maximum Gasteiger partial charge on any atom is 0.151 e. The molecule has 0 saturated carbocycles. The van der Waals surface area contributed by atoms with Crippen molar-refractivity contribution in [2.24, 2.45) is 5.73 Å². The molecule has 0 heterocycles. The summed E-state index contributed by atoms with van der Waals surface area (Å²) in [7, 11) is 0. The summed E-state index contributed by atoms with van der Waals surface area (Å²) in [6, 6.07) is 0. The van der Waals surface area contributed by atoms with Crippen molar-refractivity contribution < 1.29 is 0 Å². The van der Waals surface area contributed by atoms with Gasteiger partial charge in [-0.15, -0.1) is 6.58 Å². The summed E-state index contributed by atoms with van der Waals surface area (Å²) < 4.78 is 0. The van der Waals surface area contributed by atoms with E-state index in [1.165, 1.54) is 11.8 Å². The Morgan fingerprint density at radius 1 is 1.88 bits per heavy atom. The summed E-state index contributed by atoms with van der Waals surface area (Å²) in [5.74, 6) is 0.874. The van der Waals surface area contributed by atoms with Crippen molar-refractivity contribution in [2.75, 3.05) is 5.75 Å². The molecule has 2 nitrogen and oxygen atoms in total. The second kappa shape index (κ2) is 4.71. The van der Waals surface area contributed by atoms with Gasteiger partial charge in [0.1, 0.15) is 0 Å². The Bertz CT molecular complexity index is 90.4. The first-order valence-electron chi connectivity index (χ1n) is 2.35. The fourth-order valence-electron chi connectivity index (χ4n) is 0.252. The minimum Gasteiger partial charge on any atom is -0.379 e. The standard InChI is InChI=1S/C5H10N2S/c1-2-3-4-8-5(6)7/h2H,1,3-4H2,(H3,6,7). The Kier molecular flexibility index (Phi) is 4.45. The number of hydrogen-bond acceptors (Lipinski definition) is 2. The predicted molar refractivity (Wildman–Crippen MR) is 39.2 cm³/mol. The molecule has 0 bridgehead atoms. The average molecular weight is 130 g/mol. The van der Waals surface area contributed by atoms with Crippen LogP contribution in [0.1, 0.15) is 6.42 Å². The van der Waals surface area contributed by atoms with Crippen LogP contribution in [0.2, 0.25) is 0 Å². The lowest BCUT2D eigenvalue weighted by Crippen LogP contribution is -2.03. The third-order valence-corrected chi connectivity index (χ3v) is 1.33. The molecular formula is C5H10N2S. The van der Waals surface area contributed by atoms with Gasteiger partial charge in [-0.2, -0.15) is 0 Å². The lowest BCUT2D eigenvalue weighted by Gasteiger charge is -1.91. The zero-order valence-electron chi connectivity index (χ0n) is 4.68. The molecule has 0 aromatic heterocycles. The highest BCUT2D eigenvalue weighted by Crippen LogP contribution is 1.99. The van der Waals surface area contributed by atoms with Gasteiger partial charge in [0.25, 0.3) is 0 Å². The molecule has 0 aliphatic rings. The van der Waals surface area contributed by atoms with Crippen LogP contribution in [0.15, 0.2) is 12.7 Å². The molecule has 0 aromatic carbocycles. The van der Waals surface area contributed by atoms with Gasteiger partial charge in [0, 0.05) is 5.75 Å². The van der Waals surface area contributed by atoms with E-state index in [9.17, 15) is 0 Å². The molecule has 0 amide bonds. The molecular weight excluding hydrogens is 120 g/mol. The maximum absolute atomic E-state index is 6.78. The lowest BCUT2D eigenvalue weighted by molar-refractivity contribution is 1.26. The Hall–Kier alpha value is -0.440. The van der Waals surface area contributed by atoms with Crippen LogP contribution in [-0.2, 0) is 0 Å². The molecule has 3 heteroatoms. The van der Waals surface area contributed by atoms with Gasteiger partial charge < -0.3 is 5.73 Å². The average Bonchev–Trinajstić information content (AvgIpc) is 1.66. The molecule has 0 rings (SSSR count). The van der Waals surface area contributed by atoms with Crippen LogP contribution in [-0.4, -0.2) is 10.9 Å². The van der Waals surface area contributed by atoms with Crippen molar-refractivity contribution in [2.45, 2.75) is 6.42 Å². The van der Waals surface area contributed by atoms with Crippen LogP contribution in [0.25, 0.3) is 0 Å². The molecule has 0 aliphatic heterocycles. The van der Waals surface area contributed by atoms with Crippen LogP contribution < -0.4 is 5.73 Å². The van der Waals surface area contributed by atoms with E-state index in [1.54, 1.807) is 0 Å². The molecule has 0 radical (unpaired) electrons. The molecule has 3 N–H and O–H groups in total. The molecule has 0 aromatic rings. The van der Waals surface area contributed by atoms with E-state index >= 15 is 0 Å². The molecule has 0 saturated heterocycles. The van der Waals surface area contributed by atoms with Gasteiger partial charge >= 0.3 is 0 Å². The highest BCUT2D eigenvalue weighted by Gasteiger charge is 1.85. The first-order valence-corrected chi connectivity index (χ1v) is 3.33. The van der Waals surface area contributed by atoms with Gasteiger partial charge in [0.2, 0.25) is 0 Å². The first-order chi connectivity index (χ1) is 3.77. The third-order valence-electron chi connectivity index (χ3n) is 0.580. The van der Waals surface area contributed by atoms with Crippen molar-refractivity contribution in [3.05, 3.63) is 12.7 Å². The number of nitrogens with one attached hydrogen (secondary N) is 1. The molecule has 8 heavy (non-hydrogen) atoms. The largest absolute Gasteiger partial charge is 0.379 e. The minimum atomic E-state index is 0.187. The highest BCUT2D eigenvalue weighted by atomic mass is 32.2. The van der Waals surface area contributed by atoms with Crippen LogP contribution in [0.5, 0.6) is 0 Å². The van der Waals surface area contributed by atoms with Crippen molar-refractivity contribution in [3.63, 3.8) is 0 Å². The fourth-order valence-corrected chi connectivity index (χ4v) is 0.757. The van der Waals surface area contributed by atoms with E-state index in [-0.39, 0.29) is 5.17 Å². The summed E-state index contributed by atoms with van der Waals surface area (Å²) >= 11 is 1.35. The fraction of sp³-hybridized carbons (Fsp3) is 0.400. The lowest BCUT2D eigenvalue weighted by atomic mass is 10.5. The van der Waals surface area contributed by atoms with Crippen molar-refractivity contribution >= 4 is 16.9 Å². The van der Waals surface area contributed by atoms with E-state index in [0.29, 0.717) is 0 Å². The number of hydrogen-bond donors (Lipinski definition) is 2. The Morgan fingerprint density at radius 2 is 2.50 bits per heavy atom. The van der Waals surface area contributed by atoms with E-state index in [1.807, 2.05) is 6.08 Å². The Balaban J connectivity index is 2.93. The van der Waals surface area contributed by atoms with Gasteiger partial charge in [0.15, 0.2) is 5.17 Å². The van der Waals surface area contributed by atoms with E-state index < -0.39 is 0 Å². The quantitative estimate of drug-likeness (QED) is 0.261. The number of amidine groups is 1. The minimum absolute atomic E-state index is 0.187. The number of thioether (sulfide) groups is 1. The summed E-state index contributed by atoms with van der Waals surface area (Å²) in [5, 5.41) is 6.97. The van der Waals surface area contributed by atoms with Gasteiger partial charge in [-0.3, -0.25) is 5.41 Å². The van der Waals surface area contributed by atoms with Crippen LogP contribution in [0.4, 0.5) is 0 Å². The topological polar surface area (TPSA) is 49.9 Å². The summed E-state index contributed by atoms with van der Waals surface area (Å²) in [5.41, 5.74) is 5.05.